The van der Waals surface area contributed by atoms with Crippen molar-refractivity contribution < 1.29 is 22.4 Å². The fourth-order valence-electron chi connectivity index (χ4n) is 4.25. The van der Waals surface area contributed by atoms with Gasteiger partial charge in [-0.25, -0.2) is 18.2 Å². The lowest BCUT2D eigenvalue weighted by atomic mass is 9.81. The third-order valence-corrected chi connectivity index (χ3v) is 6.21. The minimum absolute atomic E-state index is 0.104. The largest absolute Gasteiger partial charge is 0.473 e. The van der Waals surface area contributed by atoms with Gasteiger partial charge in [0.05, 0.1) is 5.41 Å². The SMILES string of the molecule is CC(Oc1cc(Cl)nc(-c2cc(C(C)(C)c3c(F)cccc3F)on2)n1)[C@@H]1C[C@H](F)CN1C. The standard InChI is InChI=1S/C23H24ClF3N4O2/c1-12(17-8-13(25)11-31(17)4)32-20-10-19(24)28-22(29-20)16-9-18(33-30-16)23(2,3)21-14(26)6-5-7-15(21)27/h5-7,9-10,12-13,17H,8,11H2,1-4H3/t12?,13-,17-/m0/s1. The van der Waals surface area contributed by atoms with Crippen LogP contribution in [0.5, 0.6) is 5.88 Å². The molecule has 3 heterocycles. The van der Waals surface area contributed by atoms with Crippen LogP contribution in [-0.2, 0) is 5.41 Å². The maximum absolute atomic E-state index is 14.4. The van der Waals surface area contributed by atoms with Gasteiger partial charge in [0.2, 0.25) is 5.88 Å². The molecular weight excluding hydrogens is 457 g/mol. The van der Waals surface area contributed by atoms with Gasteiger partial charge in [0, 0.05) is 30.3 Å². The van der Waals surface area contributed by atoms with Crippen LogP contribution in [0.25, 0.3) is 11.5 Å². The summed E-state index contributed by atoms with van der Waals surface area (Å²) in [6.07, 6.45) is -0.866. The summed E-state index contributed by atoms with van der Waals surface area (Å²) in [6.45, 7) is 5.46. The molecule has 3 atom stereocenters. The maximum atomic E-state index is 14.4. The normalized spacial score (nSPS) is 20.2. The average molecular weight is 481 g/mol. The van der Waals surface area contributed by atoms with Crippen molar-refractivity contribution in [2.24, 2.45) is 0 Å². The number of likely N-dealkylation sites (tertiary alicyclic amines) is 1. The van der Waals surface area contributed by atoms with Crippen molar-refractivity contribution in [3.05, 3.63) is 58.4 Å². The summed E-state index contributed by atoms with van der Waals surface area (Å²) < 4.78 is 53.9. The summed E-state index contributed by atoms with van der Waals surface area (Å²) in [5, 5.41) is 4.10. The fourth-order valence-corrected chi connectivity index (χ4v) is 4.42. The molecule has 1 aliphatic heterocycles. The van der Waals surface area contributed by atoms with Gasteiger partial charge in [-0.15, -0.1) is 0 Å². The first kappa shape index (κ1) is 23.5. The molecule has 2 aromatic heterocycles. The molecule has 1 saturated heterocycles. The predicted octanol–water partition coefficient (Wildman–Crippen LogP) is 5.20. The zero-order valence-electron chi connectivity index (χ0n) is 18.7. The van der Waals surface area contributed by atoms with Crippen LogP contribution in [-0.4, -0.2) is 51.9 Å². The van der Waals surface area contributed by atoms with E-state index in [4.69, 9.17) is 20.9 Å². The lowest BCUT2D eigenvalue weighted by Gasteiger charge is -2.26. The number of alkyl halides is 1. The van der Waals surface area contributed by atoms with E-state index < -0.39 is 23.2 Å². The second-order valence-electron chi connectivity index (χ2n) is 8.81. The third kappa shape index (κ3) is 4.70. The van der Waals surface area contributed by atoms with E-state index in [0.717, 1.165) is 0 Å². The molecule has 4 rings (SSSR count). The molecule has 3 aromatic rings. The molecule has 0 N–H and O–H groups in total. The second-order valence-corrected chi connectivity index (χ2v) is 9.20. The summed E-state index contributed by atoms with van der Waals surface area (Å²) in [5.41, 5.74) is -1.05. The highest BCUT2D eigenvalue weighted by molar-refractivity contribution is 6.29. The van der Waals surface area contributed by atoms with Crippen LogP contribution in [0, 0.1) is 11.6 Å². The van der Waals surface area contributed by atoms with Crippen LogP contribution >= 0.6 is 11.6 Å². The monoisotopic (exact) mass is 480 g/mol. The highest BCUT2D eigenvalue weighted by atomic mass is 35.5. The zero-order valence-corrected chi connectivity index (χ0v) is 19.4. The van der Waals surface area contributed by atoms with Gasteiger partial charge in [0.25, 0.3) is 0 Å². The molecule has 0 radical (unpaired) electrons. The van der Waals surface area contributed by atoms with E-state index in [9.17, 15) is 13.2 Å². The van der Waals surface area contributed by atoms with E-state index in [2.05, 4.69) is 15.1 Å². The number of aromatic nitrogens is 3. The number of hydrogen-bond acceptors (Lipinski definition) is 6. The molecule has 0 spiro atoms. The first-order valence-corrected chi connectivity index (χ1v) is 10.9. The summed E-state index contributed by atoms with van der Waals surface area (Å²) in [6, 6.07) is 6.55. The Hall–Kier alpha value is -2.65. The highest BCUT2D eigenvalue weighted by Crippen LogP contribution is 2.36. The van der Waals surface area contributed by atoms with Gasteiger partial charge >= 0.3 is 0 Å². The van der Waals surface area contributed by atoms with E-state index >= 15 is 0 Å². The second kappa shape index (κ2) is 8.95. The van der Waals surface area contributed by atoms with E-state index in [1.54, 1.807) is 13.8 Å². The number of likely N-dealkylation sites (N-methyl/N-ethyl adjacent to an activating group) is 1. The van der Waals surface area contributed by atoms with Crippen LogP contribution in [0.15, 0.2) is 34.9 Å². The predicted molar refractivity (Wildman–Crippen MR) is 117 cm³/mol. The fraction of sp³-hybridized carbons (Fsp3) is 0.435. The van der Waals surface area contributed by atoms with Crippen molar-refractivity contribution in [3.63, 3.8) is 0 Å². The lowest BCUT2D eigenvalue weighted by molar-refractivity contribution is 0.117. The molecule has 6 nitrogen and oxygen atoms in total. The van der Waals surface area contributed by atoms with E-state index in [1.165, 1.54) is 30.3 Å². The Morgan fingerprint density at radius 3 is 2.55 bits per heavy atom. The Labute approximate surface area is 194 Å². The summed E-state index contributed by atoms with van der Waals surface area (Å²) in [7, 11) is 1.85. The van der Waals surface area contributed by atoms with Crippen molar-refractivity contribution in [1.82, 2.24) is 20.0 Å². The van der Waals surface area contributed by atoms with Crippen molar-refractivity contribution in [3.8, 4) is 17.4 Å². The number of nitrogens with zero attached hydrogens (tertiary/aromatic N) is 4. The molecule has 1 aromatic carbocycles. The Balaban J connectivity index is 1.60. The molecule has 1 unspecified atom stereocenters. The topological polar surface area (TPSA) is 64.3 Å². The van der Waals surface area contributed by atoms with Crippen LogP contribution in [0.3, 0.4) is 0 Å². The number of benzene rings is 1. The third-order valence-electron chi connectivity index (χ3n) is 6.01. The van der Waals surface area contributed by atoms with Crippen molar-refractivity contribution >= 4 is 11.6 Å². The van der Waals surface area contributed by atoms with Crippen molar-refractivity contribution in [2.45, 2.75) is 50.9 Å². The van der Waals surface area contributed by atoms with E-state index in [-0.39, 0.29) is 46.0 Å². The van der Waals surface area contributed by atoms with Gasteiger partial charge in [-0.1, -0.05) is 22.8 Å². The molecule has 1 aliphatic rings. The Bertz CT molecular complexity index is 1140. The van der Waals surface area contributed by atoms with Gasteiger partial charge in [0.1, 0.15) is 34.8 Å². The zero-order chi connectivity index (χ0) is 23.9. The number of halogens is 4. The minimum atomic E-state index is -1.15. The smallest absolute Gasteiger partial charge is 0.218 e. The molecule has 33 heavy (non-hydrogen) atoms. The molecule has 1 fully saturated rings. The summed E-state index contributed by atoms with van der Waals surface area (Å²) in [5.74, 6) is -0.810. The number of ether oxygens (including phenoxy) is 1. The van der Waals surface area contributed by atoms with Crippen LogP contribution in [0.1, 0.15) is 38.5 Å². The van der Waals surface area contributed by atoms with Crippen LogP contribution in [0.4, 0.5) is 13.2 Å². The van der Waals surface area contributed by atoms with Gasteiger partial charge < -0.3 is 9.26 Å². The van der Waals surface area contributed by atoms with Crippen LogP contribution < -0.4 is 4.74 Å². The highest BCUT2D eigenvalue weighted by Gasteiger charge is 2.35. The minimum Gasteiger partial charge on any atom is -0.473 e. The summed E-state index contributed by atoms with van der Waals surface area (Å²) in [4.78, 5) is 10.4. The molecular formula is C23H24ClF3N4O2. The Morgan fingerprint density at radius 2 is 1.91 bits per heavy atom. The molecule has 10 heteroatoms. The first-order valence-electron chi connectivity index (χ1n) is 10.5. The quantitative estimate of drug-likeness (QED) is 0.452. The Morgan fingerprint density at radius 1 is 1.21 bits per heavy atom. The van der Waals surface area contributed by atoms with Gasteiger partial charge in [-0.05, 0) is 46.4 Å². The maximum Gasteiger partial charge on any atom is 0.218 e. The van der Waals surface area contributed by atoms with Crippen molar-refractivity contribution in [1.29, 1.82) is 0 Å². The van der Waals surface area contributed by atoms with Gasteiger partial charge in [0.15, 0.2) is 11.5 Å². The molecule has 176 valence electrons. The van der Waals surface area contributed by atoms with E-state index in [1.807, 2.05) is 18.9 Å². The molecule has 0 saturated carbocycles. The van der Waals surface area contributed by atoms with Gasteiger partial charge in [-0.3, -0.25) is 4.90 Å². The van der Waals surface area contributed by atoms with E-state index in [0.29, 0.717) is 13.0 Å². The van der Waals surface area contributed by atoms with Crippen molar-refractivity contribution in [2.75, 3.05) is 13.6 Å². The number of hydrogen-bond donors (Lipinski definition) is 0. The first-order chi connectivity index (χ1) is 15.6. The summed E-state index contributed by atoms with van der Waals surface area (Å²) >= 11 is 6.17. The van der Waals surface area contributed by atoms with Crippen LogP contribution in [0.2, 0.25) is 5.15 Å². The Kier molecular flexibility index (Phi) is 6.37. The number of rotatable bonds is 6. The lowest BCUT2D eigenvalue weighted by Crippen LogP contribution is -2.38. The molecule has 0 aliphatic carbocycles. The average Bonchev–Trinajstić information content (AvgIpc) is 3.34. The molecule has 0 amide bonds. The molecule has 0 bridgehead atoms. The van der Waals surface area contributed by atoms with Gasteiger partial charge in [-0.2, -0.15) is 4.98 Å².